The second-order valence-corrected chi connectivity index (χ2v) is 8.89. The highest BCUT2D eigenvalue weighted by atomic mass is 28.3. The quantitative estimate of drug-likeness (QED) is 0.765. The lowest BCUT2D eigenvalue weighted by molar-refractivity contribution is -0.183. The average Bonchev–Trinajstić information content (AvgIpc) is 2.85. The van der Waals surface area contributed by atoms with Crippen LogP contribution in [0.1, 0.15) is 37.2 Å². The van der Waals surface area contributed by atoms with Crippen LogP contribution in [-0.4, -0.2) is 26.9 Å². The van der Waals surface area contributed by atoms with E-state index in [1.165, 1.54) is 18.4 Å². The summed E-state index contributed by atoms with van der Waals surface area (Å²) in [4.78, 5) is 0. The Morgan fingerprint density at radius 3 is 2.37 bits per heavy atom. The number of hydrogen-bond donors (Lipinski definition) is 0. The van der Waals surface area contributed by atoms with Gasteiger partial charge >= 0.3 is 0 Å². The molecular formula is C16H23O2Si. The molecule has 1 spiro atoms. The van der Waals surface area contributed by atoms with Crippen LogP contribution in [-0.2, 0) is 9.47 Å². The van der Waals surface area contributed by atoms with Gasteiger partial charge in [-0.1, -0.05) is 43.4 Å². The Morgan fingerprint density at radius 2 is 1.79 bits per heavy atom. The molecule has 0 amide bonds. The van der Waals surface area contributed by atoms with Crippen molar-refractivity contribution < 1.29 is 9.47 Å². The second-order valence-electron chi connectivity index (χ2n) is 6.09. The number of ether oxygens (including phenoxy) is 2. The van der Waals surface area contributed by atoms with E-state index in [4.69, 9.17) is 9.47 Å². The lowest BCUT2D eigenvalue weighted by Crippen LogP contribution is -2.37. The molecule has 2 fully saturated rings. The van der Waals surface area contributed by atoms with E-state index in [-0.39, 0.29) is 5.79 Å². The van der Waals surface area contributed by atoms with Gasteiger partial charge in [0.15, 0.2) is 5.79 Å². The molecule has 1 radical (unpaired) electrons. The first-order chi connectivity index (χ1) is 9.19. The molecule has 1 aromatic carbocycles. The highest BCUT2D eigenvalue weighted by Crippen LogP contribution is 2.43. The third kappa shape index (κ3) is 2.78. The smallest absolute Gasteiger partial charge is 0.168 e. The fourth-order valence-electron chi connectivity index (χ4n) is 3.22. The van der Waals surface area contributed by atoms with Gasteiger partial charge in [0.2, 0.25) is 0 Å². The summed E-state index contributed by atoms with van der Waals surface area (Å²) in [6, 6.07) is 10.9. The fourth-order valence-corrected chi connectivity index (χ4v) is 4.08. The third-order valence-corrected chi connectivity index (χ3v) is 6.09. The zero-order valence-corrected chi connectivity index (χ0v) is 12.9. The minimum Gasteiger partial charge on any atom is -0.348 e. The van der Waals surface area contributed by atoms with Crippen molar-refractivity contribution in [3.8, 4) is 0 Å². The van der Waals surface area contributed by atoms with Crippen molar-refractivity contribution in [3.63, 3.8) is 0 Å². The Balaban J connectivity index is 1.61. The SMILES string of the molecule is C[Si](C)C1COC2(CCC(c3ccccc3)CC2)O1. The summed E-state index contributed by atoms with van der Waals surface area (Å²) < 4.78 is 12.3. The van der Waals surface area contributed by atoms with Gasteiger partial charge in [-0.2, -0.15) is 0 Å². The molecule has 1 saturated carbocycles. The second kappa shape index (κ2) is 5.39. The molecule has 0 bridgehead atoms. The molecule has 0 aromatic heterocycles. The molecule has 1 aromatic rings. The van der Waals surface area contributed by atoms with Crippen LogP contribution in [0.3, 0.4) is 0 Å². The van der Waals surface area contributed by atoms with Gasteiger partial charge in [0.1, 0.15) is 0 Å². The van der Waals surface area contributed by atoms with E-state index in [1.54, 1.807) is 0 Å². The molecule has 0 N–H and O–H groups in total. The lowest BCUT2D eigenvalue weighted by Gasteiger charge is -2.36. The molecular weight excluding hydrogens is 252 g/mol. The molecule has 3 heteroatoms. The van der Waals surface area contributed by atoms with Crippen LogP contribution < -0.4 is 0 Å². The van der Waals surface area contributed by atoms with Gasteiger partial charge in [0.25, 0.3) is 0 Å². The van der Waals surface area contributed by atoms with Gasteiger partial charge in [-0.3, -0.25) is 0 Å². The van der Waals surface area contributed by atoms with Crippen molar-refractivity contribution >= 4 is 8.80 Å². The van der Waals surface area contributed by atoms with Crippen LogP contribution in [0.4, 0.5) is 0 Å². The van der Waals surface area contributed by atoms with Crippen molar-refractivity contribution in [3.05, 3.63) is 35.9 Å². The first kappa shape index (κ1) is 13.3. The Morgan fingerprint density at radius 1 is 1.11 bits per heavy atom. The topological polar surface area (TPSA) is 18.5 Å². The minimum atomic E-state index is -0.398. The molecule has 19 heavy (non-hydrogen) atoms. The number of benzene rings is 1. The van der Waals surface area contributed by atoms with Crippen molar-refractivity contribution in [2.45, 2.75) is 56.2 Å². The van der Waals surface area contributed by atoms with Gasteiger partial charge in [-0.15, -0.1) is 0 Å². The molecule has 1 aliphatic heterocycles. The van der Waals surface area contributed by atoms with E-state index < -0.39 is 8.80 Å². The Hall–Kier alpha value is -0.643. The van der Waals surface area contributed by atoms with Crippen molar-refractivity contribution in [1.29, 1.82) is 0 Å². The van der Waals surface area contributed by atoms with Gasteiger partial charge in [-0.05, 0) is 24.3 Å². The normalized spacial score (nSPS) is 35.1. The Kier molecular flexibility index (Phi) is 3.78. The number of hydrogen-bond acceptors (Lipinski definition) is 2. The minimum absolute atomic E-state index is 0.238. The maximum atomic E-state index is 6.26. The molecule has 1 atom stereocenters. The molecule has 1 aliphatic carbocycles. The van der Waals surface area contributed by atoms with Gasteiger partial charge < -0.3 is 9.47 Å². The molecule has 1 heterocycles. The van der Waals surface area contributed by atoms with Crippen LogP contribution in [0, 0.1) is 0 Å². The lowest BCUT2D eigenvalue weighted by atomic mass is 9.81. The molecule has 1 unspecified atom stereocenters. The predicted molar refractivity (Wildman–Crippen MR) is 78.7 cm³/mol. The standard InChI is InChI=1S/C16H23O2Si/c1-19(2)15-12-17-16(18-15)10-8-14(9-11-16)13-6-4-3-5-7-13/h3-7,14-15H,8-12H2,1-2H3. The first-order valence-electron chi connectivity index (χ1n) is 7.35. The van der Waals surface area contributed by atoms with E-state index >= 15 is 0 Å². The zero-order valence-electron chi connectivity index (χ0n) is 11.9. The third-order valence-electron chi connectivity index (χ3n) is 4.52. The van der Waals surface area contributed by atoms with Crippen molar-refractivity contribution in [1.82, 2.24) is 0 Å². The molecule has 103 valence electrons. The van der Waals surface area contributed by atoms with Crippen LogP contribution >= 0.6 is 0 Å². The first-order valence-corrected chi connectivity index (χ1v) is 9.93. The van der Waals surface area contributed by atoms with Crippen LogP contribution in [0.25, 0.3) is 0 Å². The monoisotopic (exact) mass is 275 g/mol. The van der Waals surface area contributed by atoms with E-state index in [2.05, 4.69) is 43.4 Å². The van der Waals surface area contributed by atoms with Gasteiger partial charge in [0, 0.05) is 12.8 Å². The predicted octanol–water partition coefficient (Wildman–Crippen LogP) is 3.75. The molecule has 1 saturated heterocycles. The molecule has 2 nitrogen and oxygen atoms in total. The van der Waals surface area contributed by atoms with E-state index in [9.17, 15) is 0 Å². The van der Waals surface area contributed by atoms with Crippen molar-refractivity contribution in [2.24, 2.45) is 0 Å². The summed E-state index contributed by atoms with van der Waals surface area (Å²) >= 11 is 0. The van der Waals surface area contributed by atoms with E-state index in [0.717, 1.165) is 19.4 Å². The Labute approximate surface area is 117 Å². The number of rotatable bonds is 2. The summed E-state index contributed by atoms with van der Waals surface area (Å²) in [7, 11) is -0.398. The van der Waals surface area contributed by atoms with Crippen LogP contribution in [0.5, 0.6) is 0 Å². The van der Waals surface area contributed by atoms with Gasteiger partial charge in [0.05, 0.1) is 21.1 Å². The maximum absolute atomic E-state index is 6.26. The largest absolute Gasteiger partial charge is 0.348 e. The Bertz CT molecular complexity index is 410. The fraction of sp³-hybridized carbons (Fsp3) is 0.625. The van der Waals surface area contributed by atoms with E-state index in [1.807, 2.05) is 0 Å². The van der Waals surface area contributed by atoms with Gasteiger partial charge in [-0.25, -0.2) is 0 Å². The van der Waals surface area contributed by atoms with Crippen LogP contribution in [0.15, 0.2) is 30.3 Å². The summed E-state index contributed by atoms with van der Waals surface area (Å²) in [6.07, 6.45) is 4.48. The summed E-state index contributed by atoms with van der Waals surface area (Å²) in [6.45, 7) is 5.44. The molecule has 2 aliphatic rings. The maximum Gasteiger partial charge on any atom is 0.168 e. The van der Waals surface area contributed by atoms with Crippen molar-refractivity contribution in [2.75, 3.05) is 6.61 Å². The van der Waals surface area contributed by atoms with E-state index in [0.29, 0.717) is 11.6 Å². The summed E-state index contributed by atoms with van der Waals surface area (Å²) in [5.74, 6) is 0.448. The highest BCUT2D eigenvalue weighted by molar-refractivity contribution is 6.57. The van der Waals surface area contributed by atoms with Crippen LogP contribution in [0.2, 0.25) is 13.1 Å². The highest BCUT2D eigenvalue weighted by Gasteiger charge is 2.45. The summed E-state index contributed by atoms with van der Waals surface area (Å²) in [5.41, 5.74) is 1.86. The average molecular weight is 275 g/mol. The zero-order chi connectivity index (χ0) is 13.3. The molecule has 3 rings (SSSR count). The summed E-state index contributed by atoms with van der Waals surface area (Å²) in [5, 5.41) is 0.